The van der Waals surface area contributed by atoms with Crippen LogP contribution in [-0.4, -0.2) is 22.2 Å². The highest BCUT2D eigenvalue weighted by molar-refractivity contribution is 5.98. The van der Waals surface area contributed by atoms with Gasteiger partial charge in [0.15, 0.2) is 11.6 Å². The van der Waals surface area contributed by atoms with Crippen LogP contribution in [0.3, 0.4) is 0 Å². The molecule has 3 rings (SSSR count). The van der Waals surface area contributed by atoms with Gasteiger partial charge in [0.05, 0.1) is 11.4 Å². The molecule has 0 fully saturated rings. The first-order valence-corrected chi connectivity index (χ1v) is 5.67. The lowest BCUT2D eigenvalue weighted by atomic mass is 10.1. The molecule has 0 radical (unpaired) electrons. The first-order valence-electron chi connectivity index (χ1n) is 5.67. The standard InChI is InChI=1S/C12H14N4/c1-3-7-13-9(5-1)12-15-10-6-2-4-8-14-11(10)16-12/h2,4,6,8,14H,1,3,5,7H2,(H,15,16). The number of imidazole rings is 1. The molecule has 4 nitrogen and oxygen atoms in total. The number of hydrogen-bond donors (Lipinski definition) is 2. The summed E-state index contributed by atoms with van der Waals surface area (Å²) in [6.07, 6.45) is 11.3. The summed E-state index contributed by atoms with van der Waals surface area (Å²) in [4.78, 5) is 12.4. The smallest absolute Gasteiger partial charge is 0.156 e. The van der Waals surface area contributed by atoms with E-state index in [4.69, 9.17) is 0 Å². The van der Waals surface area contributed by atoms with Gasteiger partial charge in [0, 0.05) is 12.7 Å². The fourth-order valence-electron chi connectivity index (χ4n) is 1.98. The Hall–Kier alpha value is -1.84. The fraction of sp³-hybridized carbons (Fsp3) is 0.333. The number of allylic oxidation sites excluding steroid dienone is 2. The molecule has 2 N–H and O–H groups in total. The summed E-state index contributed by atoms with van der Waals surface area (Å²) in [5.41, 5.74) is 2.13. The summed E-state index contributed by atoms with van der Waals surface area (Å²) in [6.45, 7) is 0.934. The van der Waals surface area contributed by atoms with Gasteiger partial charge in [-0.15, -0.1) is 0 Å². The molecule has 3 heterocycles. The zero-order chi connectivity index (χ0) is 10.8. The predicted octanol–water partition coefficient (Wildman–Crippen LogP) is 2.34. The van der Waals surface area contributed by atoms with E-state index in [2.05, 4.69) is 20.3 Å². The van der Waals surface area contributed by atoms with Gasteiger partial charge in [-0.1, -0.05) is 6.08 Å². The molecule has 0 saturated carbocycles. The van der Waals surface area contributed by atoms with Crippen molar-refractivity contribution in [1.29, 1.82) is 0 Å². The van der Waals surface area contributed by atoms with E-state index in [0.717, 1.165) is 36.0 Å². The highest BCUT2D eigenvalue weighted by atomic mass is 15.1. The molecular formula is C12H14N4. The minimum absolute atomic E-state index is 0.883. The van der Waals surface area contributed by atoms with Gasteiger partial charge < -0.3 is 10.3 Å². The molecule has 0 aliphatic carbocycles. The lowest BCUT2D eigenvalue weighted by Gasteiger charge is -2.08. The Morgan fingerprint density at radius 3 is 3.06 bits per heavy atom. The lowest BCUT2D eigenvalue weighted by Crippen LogP contribution is -2.09. The van der Waals surface area contributed by atoms with Crippen molar-refractivity contribution in [1.82, 2.24) is 9.97 Å². The van der Waals surface area contributed by atoms with Gasteiger partial charge in [-0.25, -0.2) is 4.98 Å². The molecular weight excluding hydrogens is 200 g/mol. The fourth-order valence-corrected chi connectivity index (χ4v) is 1.98. The Labute approximate surface area is 94.2 Å². The number of fused-ring (bicyclic) bond motifs is 1. The average molecular weight is 214 g/mol. The van der Waals surface area contributed by atoms with E-state index in [1.165, 1.54) is 12.8 Å². The van der Waals surface area contributed by atoms with Crippen LogP contribution in [0.25, 0.3) is 6.08 Å². The van der Waals surface area contributed by atoms with E-state index in [1.807, 2.05) is 24.4 Å². The zero-order valence-electron chi connectivity index (χ0n) is 9.03. The molecule has 0 spiro atoms. The number of aromatic nitrogens is 2. The molecule has 4 heteroatoms. The number of nitrogens with zero attached hydrogens (tertiary/aromatic N) is 2. The second kappa shape index (κ2) is 3.96. The zero-order valence-corrected chi connectivity index (χ0v) is 9.03. The third kappa shape index (κ3) is 1.66. The number of hydrogen-bond acceptors (Lipinski definition) is 3. The van der Waals surface area contributed by atoms with Crippen LogP contribution in [0, 0.1) is 0 Å². The molecule has 0 saturated heterocycles. The monoisotopic (exact) mass is 214 g/mol. The molecule has 0 bridgehead atoms. The van der Waals surface area contributed by atoms with Gasteiger partial charge in [-0.3, -0.25) is 4.99 Å². The van der Waals surface area contributed by atoms with Crippen molar-refractivity contribution in [2.45, 2.75) is 19.3 Å². The molecule has 1 aromatic rings. The van der Waals surface area contributed by atoms with Crippen LogP contribution in [0.15, 0.2) is 23.3 Å². The largest absolute Gasteiger partial charge is 0.345 e. The third-order valence-corrected chi connectivity index (χ3v) is 2.82. The van der Waals surface area contributed by atoms with Crippen molar-refractivity contribution in [3.63, 3.8) is 0 Å². The highest BCUT2D eigenvalue weighted by Crippen LogP contribution is 2.19. The Kier molecular flexibility index (Phi) is 2.33. The van der Waals surface area contributed by atoms with Crippen LogP contribution in [0.2, 0.25) is 0 Å². The topological polar surface area (TPSA) is 53.1 Å². The molecule has 0 aromatic carbocycles. The Morgan fingerprint density at radius 1 is 1.19 bits per heavy atom. The summed E-state index contributed by atoms with van der Waals surface area (Å²) >= 11 is 0. The van der Waals surface area contributed by atoms with E-state index in [0.29, 0.717) is 0 Å². The van der Waals surface area contributed by atoms with Crippen LogP contribution in [0.5, 0.6) is 0 Å². The predicted molar refractivity (Wildman–Crippen MR) is 65.6 cm³/mol. The van der Waals surface area contributed by atoms with Crippen molar-refractivity contribution in [2.24, 2.45) is 4.99 Å². The average Bonchev–Trinajstić information content (AvgIpc) is 2.62. The van der Waals surface area contributed by atoms with Gasteiger partial charge in [-0.2, -0.15) is 0 Å². The van der Waals surface area contributed by atoms with Gasteiger partial charge in [0.25, 0.3) is 0 Å². The molecule has 0 unspecified atom stereocenters. The van der Waals surface area contributed by atoms with E-state index in [1.54, 1.807) is 0 Å². The maximum absolute atomic E-state index is 4.53. The molecule has 2 aliphatic rings. The minimum atomic E-state index is 0.883. The van der Waals surface area contributed by atoms with Gasteiger partial charge in [-0.05, 0) is 31.4 Å². The van der Waals surface area contributed by atoms with Crippen LogP contribution in [0.4, 0.5) is 5.82 Å². The second-order valence-electron chi connectivity index (χ2n) is 4.00. The van der Waals surface area contributed by atoms with E-state index in [-0.39, 0.29) is 0 Å². The maximum Gasteiger partial charge on any atom is 0.156 e. The minimum Gasteiger partial charge on any atom is -0.345 e. The lowest BCUT2D eigenvalue weighted by molar-refractivity contribution is 0.735. The first kappa shape index (κ1) is 9.39. The summed E-state index contributed by atoms with van der Waals surface area (Å²) in [6, 6.07) is 0. The molecule has 16 heavy (non-hydrogen) atoms. The van der Waals surface area contributed by atoms with Crippen LogP contribution in [-0.2, 0) is 0 Å². The number of rotatable bonds is 1. The SMILES string of the molecule is C1=CNc2nc(C3=NCCCC3)[nH]c2C=C1. The number of H-pyrrole nitrogens is 1. The van der Waals surface area contributed by atoms with Crippen molar-refractivity contribution in [2.75, 3.05) is 11.9 Å². The van der Waals surface area contributed by atoms with Crippen LogP contribution < -0.4 is 5.32 Å². The Bertz CT molecular complexity index is 479. The summed E-state index contributed by atoms with van der Waals surface area (Å²) in [7, 11) is 0. The van der Waals surface area contributed by atoms with Gasteiger partial charge >= 0.3 is 0 Å². The molecule has 82 valence electrons. The molecule has 0 amide bonds. The van der Waals surface area contributed by atoms with E-state index in [9.17, 15) is 0 Å². The summed E-state index contributed by atoms with van der Waals surface area (Å²) in [5.74, 6) is 1.80. The Morgan fingerprint density at radius 2 is 2.19 bits per heavy atom. The summed E-state index contributed by atoms with van der Waals surface area (Å²) in [5, 5.41) is 3.14. The Balaban J connectivity index is 1.95. The number of aliphatic imine (C=N–C) groups is 1. The van der Waals surface area contributed by atoms with Gasteiger partial charge in [0.1, 0.15) is 0 Å². The van der Waals surface area contributed by atoms with E-state index >= 15 is 0 Å². The molecule has 1 aromatic heterocycles. The highest BCUT2D eigenvalue weighted by Gasteiger charge is 2.14. The van der Waals surface area contributed by atoms with Crippen molar-refractivity contribution >= 4 is 17.6 Å². The molecule has 2 aliphatic heterocycles. The number of aromatic amines is 1. The van der Waals surface area contributed by atoms with Crippen molar-refractivity contribution < 1.29 is 0 Å². The normalized spacial score (nSPS) is 18.6. The first-order chi connectivity index (χ1) is 7.93. The van der Waals surface area contributed by atoms with E-state index < -0.39 is 0 Å². The number of nitrogens with one attached hydrogen (secondary N) is 2. The van der Waals surface area contributed by atoms with Crippen LogP contribution >= 0.6 is 0 Å². The quantitative estimate of drug-likeness (QED) is 0.753. The van der Waals surface area contributed by atoms with Gasteiger partial charge in [0.2, 0.25) is 0 Å². The van der Waals surface area contributed by atoms with Crippen molar-refractivity contribution in [3.05, 3.63) is 29.9 Å². The molecule has 0 atom stereocenters. The number of anilines is 1. The summed E-state index contributed by atoms with van der Waals surface area (Å²) < 4.78 is 0. The maximum atomic E-state index is 4.53. The second-order valence-corrected chi connectivity index (χ2v) is 4.00. The third-order valence-electron chi connectivity index (χ3n) is 2.82. The van der Waals surface area contributed by atoms with Crippen LogP contribution in [0.1, 0.15) is 30.8 Å². The van der Waals surface area contributed by atoms with Crippen molar-refractivity contribution in [3.8, 4) is 0 Å².